The molecule has 0 aliphatic carbocycles. The zero-order valence-corrected chi connectivity index (χ0v) is 22.5. The molecule has 5 nitrogen and oxygen atoms in total. The molecule has 4 aromatic heterocycles. The third-order valence-corrected chi connectivity index (χ3v) is 8.25. The van der Waals surface area contributed by atoms with Gasteiger partial charge in [-0.15, -0.1) is 0 Å². The second-order valence-corrected chi connectivity index (χ2v) is 10.5. The molecule has 0 bridgehead atoms. The summed E-state index contributed by atoms with van der Waals surface area (Å²) in [5.74, 6) is 0.816. The summed E-state index contributed by atoms with van der Waals surface area (Å²) in [6.07, 6.45) is 3.57. The number of benzene rings is 5. The van der Waals surface area contributed by atoms with Crippen molar-refractivity contribution in [2.45, 2.75) is 0 Å². The van der Waals surface area contributed by atoms with Gasteiger partial charge < -0.3 is 4.57 Å². The van der Waals surface area contributed by atoms with Crippen LogP contribution in [-0.2, 0) is 0 Å². The predicted molar refractivity (Wildman–Crippen MR) is 171 cm³/mol. The Bertz CT molecular complexity index is 2450. The van der Waals surface area contributed by atoms with Crippen molar-refractivity contribution < 1.29 is 0 Å². The largest absolute Gasteiger partial charge is 0.307 e. The Kier molecular flexibility index (Phi) is 4.83. The van der Waals surface area contributed by atoms with Crippen molar-refractivity contribution in [3.05, 3.63) is 140 Å². The molecule has 0 radical (unpaired) electrons. The topological polar surface area (TPSA) is 48.5 Å². The fourth-order valence-corrected chi connectivity index (χ4v) is 6.57. The van der Waals surface area contributed by atoms with Crippen LogP contribution in [0.25, 0.3) is 77.3 Å². The highest BCUT2D eigenvalue weighted by Crippen LogP contribution is 2.45. The van der Waals surface area contributed by atoms with Crippen molar-refractivity contribution >= 4 is 54.5 Å². The van der Waals surface area contributed by atoms with Gasteiger partial charge in [-0.3, -0.25) is 9.55 Å². The van der Waals surface area contributed by atoms with Gasteiger partial charge >= 0.3 is 0 Å². The Morgan fingerprint density at radius 3 is 1.88 bits per heavy atom. The summed E-state index contributed by atoms with van der Waals surface area (Å²) in [6, 6.07) is 44.5. The molecule has 0 aliphatic rings. The van der Waals surface area contributed by atoms with Gasteiger partial charge in [0.25, 0.3) is 0 Å². The van der Waals surface area contributed by atoms with E-state index < -0.39 is 0 Å². The highest BCUT2D eigenvalue weighted by atomic mass is 15.1. The van der Waals surface area contributed by atoms with Crippen LogP contribution in [0.2, 0.25) is 0 Å². The number of fused-ring (bicyclic) bond motifs is 10. The molecule has 4 heterocycles. The van der Waals surface area contributed by atoms with Gasteiger partial charge in [0.05, 0.1) is 33.3 Å². The van der Waals surface area contributed by atoms with Crippen LogP contribution in [0.15, 0.2) is 140 Å². The average Bonchev–Trinajstić information content (AvgIpc) is 3.60. The molecule has 5 aromatic carbocycles. The third kappa shape index (κ3) is 3.16. The Balaban J connectivity index is 1.57. The molecule has 0 saturated heterocycles. The number of rotatable bonds is 3. The van der Waals surface area contributed by atoms with Gasteiger partial charge in [-0.1, -0.05) is 91.0 Å². The highest BCUT2D eigenvalue weighted by Gasteiger charge is 2.25. The lowest BCUT2D eigenvalue weighted by Crippen LogP contribution is -2.02. The van der Waals surface area contributed by atoms with E-state index in [-0.39, 0.29) is 0 Å². The van der Waals surface area contributed by atoms with Crippen LogP contribution in [0.5, 0.6) is 0 Å². The predicted octanol–water partition coefficient (Wildman–Crippen LogP) is 8.89. The van der Waals surface area contributed by atoms with E-state index in [2.05, 4.69) is 117 Å². The van der Waals surface area contributed by atoms with Crippen molar-refractivity contribution in [3.63, 3.8) is 0 Å². The number of para-hydroxylation sites is 3. The minimum atomic E-state index is 0.816. The van der Waals surface area contributed by atoms with E-state index in [0.29, 0.717) is 0 Å². The van der Waals surface area contributed by atoms with Crippen molar-refractivity contribution in [1.82, 2.24) is 24.1 Å². The van der Waals surface area contributed by atoms with E-state index in [1.807, 2.05) is 30.5 Å². The molecule has 0 atom stereocenters. The lowest BCUT2D eigenvalue weighted by atomic mass is 10.0. The normalized spacial score (nSPS) is 11.8. The number of nitrogens with zero attached hydrogens (tertiary/aromatic N) is 5. The van der Waals surface area contributed by atoms with Gasteiger partial charge in [-0.25, -0.2) is 9.97 Å². The van der Waals surface area contributed by atoms with Gasteiger partial charge in [-0.2, -0.15) is 0 Å². The summed E-state index contributed by atoms with van der Waals surface area (Å²) in [5, 5.41) is 5.78. The Morgan fingerprint density at radius 1 is 0.476 bits per heavy atom. The van der Waals surface area contributed by atoms with Crippen molar-refractivity contribution in [3.8, 4) is 22.8 Å². The molecule has 9 rings (SSSR count). The molecular weight excluding hydrogens is 514 g/mol. The summed E-state index contributed by atoms with van der Waals surface area (Å²) in [4.78, 5) is 14.5. The quantitative estimate of drug-likeness (QED) is 0.226. The molecular formula is C37H23N5. The number of aromatic nitrogens is 5. The smallest absolute Gasteiger partial charge is 0.141 e. The van der Waals surface area contributed by atoms with E-state index in [4.69, 9.17) is 9.97 Å². The Hall–Kier alpha value is -5.81. The highest BCUT2D eigenvalue weighted by molar-refractivity contribution is 6.35. The summed E-state index contributed by atoms with van der Waals surface area (Å²) in [7, 11) is 0. The minimum absolute atomic E-state index is 0.816. The molecule has 0 aliphatic heterocycles. The second-order valence-electron chi connectivity index (χ2n) is 10.5. The first kappa shape index (κ1) is 22.9. The summed E-state index contributed by atoms with van der Waals surface area (Å²) < 4.78 is 4.70. The van der Waals surface area contributed by atoms with E-state index in [9.17, 15) is 0 Å². The van der Waals surface area contributed by atoms with Gasteiger partial charge in [-0.05, 0) is 30.3 Å². The molecule has 42 heavy (non-hydrogen) atoms. The Labute approximate surface area is 241 Å². The zero-order chi connectivity index (χ0) is 27.6. The van der Waals surface area contributed by atoms with Crippen molar-refractivity contribution in [1.29, 1.82) is 0 Å². The van der Waals surface area contributed by atoms with Gasteiger partial charge in [0.2, 0.25) is 0 Å². The molecule has 0 unspecified atom stereocenters. The maximum Gasteiger partial charge on any atom is 0.141 e. The van der Waals surface area contributed by atoms with Crippen molar-refractivity contribution in [2.75, 3.05) is 0 Å². The summed E-state index contributed by atoms with van der Waals surface area (Å²) in [5.41, 5.74) is 8.48. The molecule has 9 aromatic rings. The van der Waals surface area contributed by atoms with Gasteiger partial charge in [0, 0.05) is 50.4 Å². The first-order valence-corrected chi connectivity index (χ1v) is 14.0. The fraction of sp³-hybridized carbons (Fsp3) is 0. The molecule has 0 fully saturated rings. The molecule has 196 valence electrons. The molecule has 0 spiro atoms. The molecule has 0 N–H and O–H groups in total. The van der Waals surface area contributed by atoms with E-state index in [1.54, 1.807) is 6.33 Å². The maximum atomic E-state index is 5.02. The SMILES string of the molecule is c1ccc(-c2cc(-n3c4ccccc4c4c5ncccc5c5c6ccccc6n(-c6ccccc6)c5c43)ncn2)cc1. The van der Waals surface area contributed by atoms with Gasteiger partial charge in [0.1, 0.15) is 12.1 Å². The minimum Gasteiger partial charge on any atom is -0.307 e. The van der Waals surface area contributed by atoms with Crippen LogP contribution in [0.1, 0.15) is 0 Å². The van der Waals surface area contributed by atoms with Crippen LogP contribution in [0.4, 0.5) is 0 Å². The van der Waals surface area contributed by atoms with E-state index in [0.717, 1.165) is 66.5 Å². The average molecular weight is 538 g/mol. The maximum absolute atomic E-state index is 5.02. The zero-order valence-electron chi connectivity index (χ0n) is 22.5. The Morgan fingerprint density at radius 2 is 1.10 bits per heavy atom. The van der Waals surface area contributed by atoms with Crippen LogP contribution in [0.3, 0.4) is 0 Å². The fourth-order valence-electron chi connectivity index (χ4n) is 6.57. The first-order valence-electron chi connectivity index (χ1n) is 14.0. The standard InChI is InChI=1S/C37H23N5/c1-3-12-24(13-4-1)29-22-32(40-23-39-29)42-31-20-10-8-17-27(31)34-35-28(18-11-21-38-35)33-26-16-7-9-19-30(26)41(36(33)37(34)42)25-14-5-2-6-15-25/h1-23H. The van der Waals surface area contributed by atoms with Crippen LogP contribution >= 0.6 is 0 Å². The molecule has 0 saturated carbocycles. The molecule has 5 heteroatoms. The number of pyridine rings is 1. The summed E-state index contributed by atoms with van der Waals surface area (Å²) in [6.45, 7) is 0. The molecule has 0 amide bonds. The lowest BCUT2D eigenvalue weighted by Gasteiger charge is -2.13. The summed E-state index contributed by atoms with van der Waals surface area (Å²) >= 11 is 0. The van der Waals surface area contributed by atoms with E-state index >= 15 is 0 Å². The number of hydrogen-bond acceptors (Lipinski definition) is 3. The van der Waals surface area contributed by atoms with Crippen molar-refractivity contribution in [2.24, 2.45) is 0 Å². The van der Waals surface area contributed by atoms with Crippen LogP contribution in [-0.4, -0.2) is 24.1 Å². The second kappa shape index (κ2) is 8.85. The van der Waals surface area contributed by atoms with Crippen LogP contribution in [0, 0.1) is 0 Å². The first-order chi connectivity index (χ1) is 20.9. The van der Waals surface area contributed by atoms with Crippen LogP contribution < -0.4 is 0 Å². The van der Waals surface area contributed by atoms with E-state index in [1.165, 1.54) is 10.8 Å². The number of hydrogen-bond donors (Lipinski definition) is 0. The lowest BCUT2D eigenvalue weighted by molar-refractivity contribution is 1.04. The monoisotopic (exact) mass is 537 g/mol. The third-order valence-electron chi connectivity index (χ3n) is 8.25. The van der Waals surface area contributed by atoms with Gasteiger partial charge in [0.15, 0.2) is 0 Å².